The van der Waals surface area contributed by atoms with Crippen molar-refractivity contribution in [3.63, 3.8) is 0 Å². The van der Waals surface area contributed by atoms with Gasteiger partial charge in [0.05, 0.1) is 29.7 Å². The van der Waals surface area contributed by atoms with Gasteiger partial charge in [-0.05, 0) is 43.2 Å². The molecule has 10 heteroatoms. The molecule has 33 heavy (non-hydrogen) atoms. The Bertz CT molecular complexity index is 987. The monoisotopic (exact) mass is 459 g/mol. The van der Waals surface area contributed by atoms with Crippen LogP contribution in [0.4, 0.5) is 25.4 Å². The maximum Gasteiger partial charge on any atom is 0.407 e. The predicted molar refractivity (Wildman–Crippen MR) is 123 cm³/mol. The first kappa shape index (κ1) is 24.4. The van der Waals surface area contributed by atoms with E-state index in [2.05, 4.69) is 20.5 Å². The van der Waals surface area contributed by atoms with Crippen molar-refractivity contribution >= 4 is 23.5 Å². The van der Waals surface area contributed by atoms with Gasteiger partial charge in [0.25, 0.3) is 0 Å². The van der Waals surface area contributed by atoms with E-state index < -0.39 is 23.5 Å². The molecule has 178 valence electrons. The van der Waals surface area contributed by atoms with Crippen LogP contribution < -0.4 is 10.6 Å². The number of methoxy groups -OCH3 is 1. The Balaban J connectivity index is 1.69. The number of nitrogens with zero attached hydrogens (tertiary/aromatic N) is 3. The van der Waals surface area contributed by atoms with Crippen LogP contribution in [0.3, 0.4) is 0 Å². The highest BCUT2D eigenvalue weighted by molar-refractivity contribution is 5.99. The number of pyridine rings is 1. The number of benzene rings is 1. The molecule has 2 heterocycles. The van der Waals surface area contributed by atoms with E-state index >= 15 is 0 Å². The summed E-state index contributed by atoms with van der Waals surface area (Å²) in [7, 11) is 1.56. The van der Waals surface area contributed by atoms with Crippen molar-refractivity contribution in [1.82, 2.24) is 14.8 Å². The highest BCUT2D eigenvalue weighted by atomic mass is 19.1. The quantitative estimate of drug-likeness (QED) is 0.582. The van der Waals surface area contributed by atoms with Gasteiger partial charge in [0.15, 0.2) is 0 Å². The van der Waals surface area contributed by atoms with Gasteiger partial charge < -0.3 is 20.5 Å². The molecule has 0 spiro atoms. The topological polar surface area (TPSA) is 107 Å². The van der Waals surface area contributed by atoms with E-state index in [4.69, 9.17) is 4.74 Å². The number of hydrogen-bond acceptors (Lipinski definition) is 5. The second-order valence-electron chi connectivity index (χ2n) is 8.24. The highest BCUT2D eigenvalue weighted by Gasteiger charge is 2.43. The van der Waals surface area contributed by atoms with E-state index in [1.165, 1.54) is 17.2 Å². The fraction of sp³-hybridized carbons (Fsp3) is 0.435. The average Bonchev–Trinajstić information content (AvgIpc) is 2.77. The fourth-order valence-electron chi connectivity index (χ4n) is 4.14. The number of carbonyl (C=O) groups is 2. The number of hydrogen-bond donors (Lipinski definition) is 3. The lowest BCUT2D eigenvalue weighted by molar-refractivity contribution is -0.0404. The summed E-state index contributed by atoms with van der Waals surface area (Å²) < 4.78 is 19.7. The first-order valence-corrected chi connectivity index (χ1v) is 10.8. The third kappa shape index (κ3) is 5.96. The summed E-state index contributed by atoms with van der Waals surface area (Å²) >= 11 is 0. The summed E-state index contributed by atoms with van der Waals surface area (Å²) in [6, 6.07) is 7.48. The molecule has 9 nitrogen and oxygen atoms in total. The summed E-state index contributed by atoms with van der Waals surface area (Å²) in [5, 5.41) is 14.8. The number of aryl methyl sites for hydroxylation is 1. The van der Waals surface area contributed by atoms with Crippen LogP contribution >= 0.6 is 0 Å². The maximum atomic E-state index is 14.4. The van der Waals surface area contributed by atoms with Crippen LogP contribution in [-0.2, 0) is 11.3 Å². The number of nitrogens with one attached hydrogen (secondary N) is 2. The molecule has 0 saturated carbocycles. The van der Waals surface area contributed by atoms with Crippen molar-refractivity contribution in [3.8, 4) is 0 Å². The molecular formula is C23H30FN5O4. The molecule has 1 aromatic heterocycles. The van der Waals surface area contributed by atoms with E-state index in [0.717, 1.165) is 11.3 Å². The van der Waals surface area contributed by atoms with Gasteiger partial charge in [-0.15, -0.1) is 0 Å². The summed E-state index contributed by atoms with van der Waals surface area (Å²) in [5.41, 5.74) is 1.53. The number of carboxylic acid groups (broad SMARTS) is 1. The van der Waals surface area contributed by atoms with Crippen molar-refractivity contribution in [3.05, 3.63) is 53.6 Å². The number of piperazine rings is 1. The number of anilines is 2. The zero-order chi connectivity index (χ0) is 24.0. The van der Waals surface area contributed by atoms with Crippen molar-refractivity contribution in [1.29, 1.82) is 0 Å². The van der Waals surface area contributed by atoms with E-state index in [9.17, 15) is 19.1 Å². The first-order valence-electron chi connectivity index (χ1n) is 10.8. The van der Waals surface area contributed by atoms with Gasteiger partial charge in [0.1, 0.15) is 5.82 Å². The Labute approximate surface area is 192 Å². The number of carbonyl (C=O) groups excluding carboxylic acids is 1. The molecule has 0 radical (unpaired) electrons. The third-order valence-corrected chi connectivity index (χ3v) is 5.89. The van der Waals surface area contributed by atoms with Gasteiger partial charge >= 0.3 is 12.1 Å². The van der Waals surface area contributed by atoms with E-state index in [-0.39, 0.29) is 12.3 Å². The average molecular weight is 460 g/mol. The Morgan fingerprint density at radius 3 is 2.67 bits per heavy atom. The van der Waals surface area contributed by atoms with E-state index in [1.54, 1.807) is 31.4 Å². The summed E-state index contributed by atoms with van der Waals surface area (Å²) in [6.07, 6.45) is 1.17. The molecular weight excluding hydrogens is 429 g/mol. The molecule has 3 amide bonds. The molecule has 1 atom stereocenters. The number of ether oxygens (including phenoxy) is 1. The number of aromatic nitrogens is 1. The summed E-state index contributed by atoms with van der Waals surface area (Å²) in [5.74, 6) is -0.547. The largest absolute Gasteiger partial charge is 0.465 e. The molecule has 1 aromatic carbocycles. The Kier molecular flexibility index (Phi) is 7.83. The van der Waals surface area contributed by atoms with Gasteiger partial charge in [0.2, 0.25) is 0 Å². The standard InChI is InChI=1S/C23H30FN5O4/c1-4-23(15-33-3)14-28(9-10-29(23)22(31)32)13-17-6-8-19(24)20(11-17)27-21(30)26-18-7-5-16(2)25-12-18/h5-8,11-12H,4,9-10,13-15H2,1-3H3,(H,31,32)(H2,26,27,30)/t23-/m0/s1. The van der Waals surface area contributed by atoms with Gasteiger partial charge in [-0.25, -0.2) is 14.0 Å². The second kappa shape index (κ2) is 10.6. The molecule has 0 unspecified atom stereocenters. The Hall–Kier alpha value is -3.24. The molecule has 1 aliphatic heterocycles. The lowest BCUT2D eigenvalue weighted by Crippen LogP contribution is -2.65. The minimum absolute atomic E-state index is 0.0629. The lowest BCUT2D eigenvalue weighted by atomic mass is 9.91. The van der Waals surface area contributed by atoms with Crippen molar-refractivity contribution in [2.24, 2.45) is 0 Å². The number of urea groups is 1. The van der Waals surface area contributed by atoms with Crippen molar-refractivity contribution < 1.29 is 23.8 Å². The van der Waals surface area contributed by atoms with Crippen molar-refractivity contribution in [2.75, 3.05) is 44.0 Å². The Morgan fingerprint density at radius 1 is 1.24 bits per heavy atom. The maximum absolute atomic E-state index is 14.4. The SMILES string of the molecule is CC[C@@]1(COC)CN(Cc2ccc(F)c(NC(=O)Nc3ccc(C)nc3)c2)CCN1C(=O)O. The number of halogens is 1. The van der Waals surface area contributed by atoms with Crippen LogP contribution in [0.5, 0.6) is 0 Å². The molecule has 2 aromatic rings. The van der Waals surface area contributed by atoms with Crippen molar-refractivity contribution in [2.45, 2.75) is 32.4 Å². The van der Waals surface area contributed by atoms with Gasteiger partial charge in [-0.2, -0.15) is 0 Å². The number of amides is 3. The van der Waals surface area contributed by atoms with Gasteiger partial charge in [-0.1, -0.05) is 13.0 Å². The number of rotatable bonds is 7. The van der Waals surface area contributed by atoms with Crippen LogP contribution in [0.2, 0.25) is 0 Å². The minimum atomic E-state index is -0.961. The predicted octanol–water partition coefficient (Wildman–Crippen LogP) is 3.76. The summed E-state index contributed by atoms with van der Waals surface area (Å²) in [4.78, 5) is 31.8. The smallest absolute Gasteiger partial charge is 0.407 e. The molecule has 3 N–H and O–H groups in total. The third-order valence-electron chi connectivity index (χ3n) is 5.89. The van der Waals surface area contributed by atoms with Crippen LogP contribution in [0, 0.1) is 12.7 Å². The fourth-order valence-corrected chi connectivity index (χ4v) is 4.14. The normalized spacial score (nSPS) is 18.7. The molecule has 3 rings (SSSR count). The minimum Gasteiger partial charge on any atom is -0.465 e. The zero-order valence-electron chi connectivity index (χ0n) is 19.1. The van der Waals surface area contributed by atoms with E-state index in [1.807, 2.05) is 13.8 Å². The van der Waals surface area contributed by atoms with Crippen LogP contribution in [0.15, 0.2) is 36.5 Å². The molecule has 1 saturated heterocycles. The molecule has 0 aliphatic carbocycles. The van der Waals surface area contributed by atoms with Crippen LogP contribution in [-0.4, -0.2) is 70.9 Å². The lowest BCUT2D eigenvalue weighted by Gasteiger charge is -2.49. The van der Waals surface area contributed by atoms with Gasteiger partial charge in [0, 0.05) is 39.0 Å². The van der Waals surface area contributed by atoms with E-state index in [0.29, 0.717) is 38.3 Å². The zero-order valence-corrected chi connectivity index (χ0v) is 19.1. The van der Waals surface area contributed by atoms with Crippen LogP contribution in [0.1, 0.15) is 24.6 Å². The molecule has 0 bridgehead atoms. The first-order chi connectivity index (χ1) is 15.8. The highest BCUT2D eigenvalue weighted by Crippen LogP contribution is 2.28. The second-order valence-corrected chi connectivity index (χ2v) is 8.24. The molecule has 1 aliphatic rings. The summed E-state index contributed by atoms with van der Waals surface area (Å²) in [6.45, 7) is 5.94. The Morgan fingerprint density at radius 2 is 2.03 bits per heavy atom. The molecule has 1 fully saturated rings. The van der Waals surface area contributed by atoms with Crippen LogP contribution in [0.25, 0.3) is 0 Å². The van der Waals surface area contributed by atoms with Gasteiger partial charge in [-0.3, -0.25) is 14.8 Å².